The van der Waals surface area contributed by atoms with Crippen LogP contribution < -0.4 is 0 Å². The van der Waals surface area contributed by atoms with Crippen molar-refractivity contribution in [3.05, 3.63) is 0 Å². The van der Waals surface area contributed by atoms with Crippen molar-refractivity contribution in [1.82, 2.24) is 0 Å². The van der Waals surface area contributed by atoms with Crippen molar-refractivity contribution in [3.63, 3.8) is 0 Å². The van der Waals surface area contributed by atoms with E-state index in [0.29, 0.717) is 10.5 Å². The lowest BCUT2D eigenvalue weighted by Gasteiger charge is -2.05. The van der Waals surface area contributed by atoms with Gasteiger partial charge in [-0.15, -0.1) is 0 Å². The van der Waals surface area contributed by atoms with E-state index >= 15 is 0 Å². The van der Waals surface area contributed by atoms with Crippen LogP contribution in [-0.2, 0) is 0 Å². The van der Waals surface area contributed by atoms with Crippen molar-refractivity contribution in [1.29, 1.82) is 0 Å². The molecular formula is C8H10N2S3. The third-order valence-electron chi connectivity index (χ3n) is 1.91. The van der Waals surface area contributed by atoms with Crippen LogP contribution in [0.1, 0.15) is 12.8 Å². The van der Waals surface area contributed by atoms with Crippen LogP contribution in [0.5, 0.6) is 0 Å². The van der Waals surface area contributed by atoms with E-state index < -0.39 is 0 Å². The Kier molecular flexibility index (Phi) is 5.44. The summed E-state index contributed by atoms with van der Waals surface area (Å²) < 4.78 is 0. The lowest BCUT2D eigenvalue weighted by molar-refractivity contribution is 0.727. The van der Waals surface area contributed by atoms with E-state index in [2.05, 4.69) is 44.7 Å². The van der Waals surface area contributed by atoms with E-state index in [1.54, 1.807) is 0 Å². The Morgan fingerprint density at radius 2 is 1.54 bits per heavy atom. The van der Waals surface area contributed by atoms with Gasteiger partial charge in [0.1, 0.15) is 0 Å². The average Bonchev–Trinajstić information content (AvgIpc) is 2.59. The molecule has 0 radical (unpaired) electrons. The zero-order chi connectivity index (χ0) is 9.52. The van der Waals surface area contributed by atoms with E-state index in [0.717, 1.165) is 13.1 Å². The number of isothiocyanates is 2. The molecule has 2 atom stereocenters. The minimum absolute atomic E-state index is 0.598. The molecule has 2 nitrogen and oxygen atoms in total. The van der Waals surface area contributed by atoms with Crippen LogP contribution >= 0.6 is 36.2 Å². The Balaban J connectivity index is 2.27. The summed E-state index contributed by atoms with van der Waals surface area (Å²) in [6.07, 6.45) is 2.39. The lowest BCUT2D eigenvalue weighted by atomic mass is 10.2. The number of nitrogens with zero attached hydrogens (tertiary/aromatic N) is 2. The van der Waals surface area contributed by atoms with E-state index in [1.165, 1.54) is 12.8 Å². The molecule has 1 fully saturated rings. The molecule has 1 rings (SSSR count). The van der Waals surface area contributed by atoms with E-state index in [4.69, 9.17) is 0 Å². The Morgan fingerprint density at radius 3 is 1.92 bits per heavy atom. The van der Waals surface area contributed by atoms with Crippen LogP contribution in [0.2, 0.25) is 0 Å². The van der Waals surface area contributed by atoms with Gasteiger partial charge >= 0.3 is 0 Å². The SMILES string of the molecule is S=C=NCC1CCC(CN=C=S)S1. The van der Waals surface area contributed by atoms with Gasteiger partial charge in [0.2, 0.25) is 0 Å². The molecule has 1 saturated heterocycles. The second-order valence-electron chi connectivity index (χ2n) is 2.82. The van der Waals surface area contributed by atoms with Gasteiger partial charge in [-0.05, 0) is 37.3 Å². The molecule has 13 heavy (non-hydrogen) atoms. The summed E-state index contributed by atoms with van der Waals surface area (Å²) in [6, 6.07) is 0. The van der Waals surface area contributed by atoms with Crippen molar-refractivity contribution >= 4 is 46.5 Å². The van der Waals surface area contributed by atoms with E-state index in [-0.39, 0.29) is 0 Å². The van der Waals surface area contributed by atoms with Crippen molar-refractivity contribution in [2.24, 2.45) is 9.98 Å². The van der Waals surface area contributed by atoms with Crippen molar-refractivity contribution < 1.29 is 0 Å². The van der Waals surface area contributed by atoms with Crippen LogP contribution in [-0.4, -0.2) is 33.9 Å². The maximum atomic E-state index is 4.52. The third-order valence-corrected chi connectivity index (χ3v) is 3.71. The van der Waals surface area contributed by atoms with Gasteiger partial charge in [-0.1, -0.05) is 0 Å². The summed E-state index contributed by atoms with van der Waals surface area (Å²) in [5.74, 6) is 0. The molecule has 0 saturated carbocycles. The Labute approximate surface area is 92.9 Å². The standard InChI is InChI=1S/C8H10N2S3/c11-5-9-3-7-1-2-8(13-7)4-10-6-12/h7-8H,1-4H2. The van der Waals surface area contributed by atoms with Crippen molar-refractivity contribution in [2.45, 2.75) is 23.3 Å². The molecule has 5 heteroatoms. The van der Waals surface area contributed by atoms with Crippen LogP contribution in [0, 0.1) is 0 Å². The summed E-state index contributed by atoms with van der Waals surface area (Å²) in [5.41, 5.74) is 0. The fourth-order valence-corrected chi connectivity index (χ4v) is 2.89. The first-order valence-corrected chi connectivity index (χ1v) is 5.85. The molecular weight excluding hydrogens is 220 g/mol. The normalized spacial score (nSPS) is 26.2. The van der Waals surface area contributed by atoms with E-state index in [1.807, 2.05) is 11.8 Å². The Morgan fingerprint density at radius 1 is 1.08 bits per heavy atom. The highest BCUT2D eigenvalue weighted by Gasteiger charge is 2.24. The average molecular weight is 230 g/mol. The Hall–Kier alpha value is -0.0500. The number of thioether (sulfide) groups is 1. The van der Waals surface area contributed by atoms with Crippen LogP contribution in [0.3, 0.4) is 0 Å². The molecule has 0 aromatic carbocycles. The molecule has 2 unspecified atom stereocenters. The van der Waals surface area contributed by atoms with E-state index in [9.17, 15) is 0 Å². The number of hydrogen-bond acceptors (Lipinski definition) is 5. The fourth-order valence-electron chi connectivity index (χ4n) is 1.33. The van der Waals surface area contributed by atoms with Gasteiger partial charge in [-0.2, -0.15) is 11.8 Å². The summed E-state index contributed by atoms with van der Waals surface area (Å²) in [4.78, 5) is 7.89. The summed E-state index contributed by atoms with van der Waals surface area (Å²) >= 11 is 11.0. The molecule has 1 aliphatic heterocycles. The molecule has 0 aliphatic carbocycles. The van der Waals surface area contributed by atoms with Crippen molar-refractivity contribution in [3.8, 4) is 0 Å². The molecule has 0 N–H and O–H groups in total. The zero-order valence-electron chi connectivity index (χ0n) is 7.10. The number of hydrogen-bond donors (Lipinski definition) is 0. The van der Waals surface area contributed by atoms with Crippen LogP contribution in [0.25, 0.3) is 0 Å². The summed E-state index contributed by atoms with van der Waals surface area (Å²) in [5, 5.41) is 5.99. The molecule has 0 bridgehead atoms. The highest BCUT2D eigenvalue weighted by atomic mass is 32.2. The second kappa shape index (κ2) is 6.41. The molecule has 70 valence electrons. The molecule has 0 aromatic rings. The maximum Gasteiger partial charge on any atom is 0.0611 e. The van der Waals surface area contributed by atoms with Gasteiger partial charge in [0.25, 0.3) is 0 Å². The molecule has 0 spiro atoms. The van der Waals surface area contributed by atoms with Gasteiger partial charge in [0, 0.05) is 10.5 Å². The van der Waals surface area contributed by atoms with Gasteiger partial charge in [-0.3, -0.25) is 0 Å². The Bertz CT molecular complexity index is 228. The zero-order valence-corrected chi connectivity index (χ0v) is 9.55. The molecule has 1 heterocycles. The predicted octanol–water partition coefficient (Wildman–Crippen LogP) is 2.46. The smallest absolute Gasteiger partial charge is 0.0611 e. The quantitative estimate of drug-likeness (QED) is 0.548. The van der Waals surface area contributed by atoms with Gasteiger partial charge in [-0.25, -0.2) is 9.98 Å². The first-order chi connectivity index (χ1) is 6.36. The lowest BCUT2D eigenvalue weighted by Crippen LogP contribution is -2.03. The third kappa shape index (κ3) is 4.12. The largest absolute Gasteiger partial charge is 0.231 e. The van der Waals surface area contributed by atoms with Crippen molar-refractivity contribution in [2.75, 3.05) is 13.1 Å². The summed E-state index contributed by atoms with van der Waals surface area (Å²) in [7, 11) is 0. The minimum Gasteiger partial charge on any atom is -0.231 e. The van der Waals surface area contributed by atoms with Gasteiger partial charge in [0.05, 0.1) is 23.4 Å². The molecule has 0 aromatic heterocycles. The summed E-state index contributed by atoms with van der Waals surface area (Å²) in [6.45, 7) is 1.60. The first-order valence-electron chi connectivity index (χ1n) is 4.09. The number of thiocarbonyl (C=S) groups is 2. The van der Waals surface area contributed by atoms with Crippen LogP contribution in [0.4, 0.5) is 0 Å². The topological polar surface area (TPSA) is 24.7 Å². The fraction of sp³-hybridized carbons (Fsp3) is 0.750. The van der Waals surface area contributed by atoms with Crippen LogP contribution in [0.15, 0.2) is 9.98 Å². The minimum atomic E-state index is 0.598. The number of rotatable bonds is 4. The first kappa shape index (κ1) is 11.0. The predicted molar refractivity (Wildman–Crippen MR) is 64.2 cm³/mol. The second-order valence-corrected chi connectivity index (χ2v) is 4.79. The maximum absolute atomic E-state index is 4.52. The highest BCUT2D eigenvalue weighted by molar-refractivity contribution is 8.00. The van der Waals surface area contributed by atoms with Gasteiger partial charge < -0.3 is 0 Å². The number of aliphatic imine (C=N–C) groups is 2. The monoisotopic (exact) mass is 230 g/mol. The van der Waals surface area contributed by atoms with Gasteiger partial charge in [0.15, 0.2) is 0 Å². The molecule has 1 aliphatic rings. The molecule has 0 amide bonds. The highest BCUT2D eigenvalue weighted by Crippen LogP contribution is 2.33.